The maximum atomic E-state index is 13.1. The topological polar surface area (TPSA) is 95.2 Å². The lowest BCUT2D eigenvalue weighted by Gasteiger charge is -2.36. The Morgan fingerprint density at radius 1 is 1.21 bits per heavy atom. The number of carbonyl (C=O) groups excluding carboxylic acids is 1. The lowest BCUT2D eigenvalue weighted by atomic mass is 9.98. The Morgan fingerprint density at radius 2 is 2.03 bits per heavy atom. The number of amides is 1. The van der Waals surface area contributed by atoms with Crippen LogP contribution < -0.4 is 5.73 Å². The number of nitrogens with one attached hydrogen (secondary N) is 1. The molecule has 150 valence electrons. The summed E-state index contributed by atoms with van der Waals surface area (Å²) in [6.07, 6.45) is 5.11. The number of aromatic amines is 1. The number of hydrogen-bond acceptors (Lipinski definition) is 4. The van der Waals surface area contributed by atoms with Gasteiger partial charge in [-0.2, -0.15) is 0 Å². The van der Waals surface area contributed by atoms with Crippen molar-refractivity contribution in [3.8, 4) is 17.0 Å². The normalized spacial score (nSPS) is 17.8. The zero-order valence-electron chi connectivity index (χ0n) is 16.3. The number of aromatic nitrogens is 2. The summed E-state index contributed by atoms with van der Waals surface area (Å²) >= 11 is 0. The molecule has 0 aliphatic carbocycles. The number of nitrogens with two attached hydrogens (primary N) is 1. The molecule has 6 nitrogen and oxygen atoms in total. The van der Waals surface area contributed by atoms with Crippen molar-refractivity contribution >= 4 is 5.91 Å². The molecule has 6 heteroatoms. The fourth-order valence-electron chi connectivity index (χ4n) is 3.99. The molecule has 0 bridgehead atoms. The molecule has 2 heterocycles. The third-order valence-electron chi connectivity index (χ3n) is 5.47. The van der Waals surface area contributed by atoms with Crippen LogP contribution in [0.4, 0.5) is 0 Å². The summed E-state index contributed by atoms with van der Waals surface area (Å²) < 4.78 is 0. The molecule has 3 aromatic rings. The lowest BCUT2D eigenvalue weighted by Crippen LogP contribution is -2.48. The monoisotopic (exact) mass is 390 g/mol. The van der Waals surface area contributed by atoms with E-state index in [1.54, 1.807) is 18.2 Å². The second-order valence-corrected chi connectivity index (χ2v) is 7.57. The minimum Gasteiger partial charge on any atom is -0.508 e. The predicted octanol–water partition coefficient (Wildman–Crippen LogP) is 3.41. The van der Waals surface area contributed by atoms with E-state index in [1.807, 2.05) is 47.5 Å². The van der Waals surface area contributed by atoms with Crippen LogP contribution in [-0.2, 0) is 11.2 Å². The molecular weight excluding hydrogens is 364 g/mol. The number of likely N-dealkylation sites (tertiary alicyclic amines) is 1. The molecule has 4 N–H and O–H groups in total. The minimum atomic E-state index is -0.652. The average Bonchev–Trinajstić information content (AvgIpc) is 3.24. The van der Waals surface area contributed by atoms with Gasteiger partial charge in [0.05, 0.1) is 24.0 Å². The van der Waals surface area contributed by atoms with Gasteiger partial charge in [-0.05, 0) is 48.9 Å². The highest BCUT2D eigenvalue weighted by molar-refractivity contribution is 5.82. The number of piperidine rings is 1. The van der Waals surface area contributed by atoms with Crippen LogP contribution in [0.3, 0.4) is 0 Å². The number of phenolic OH excluding ortho intramolecular Hbond substituents is 1. The van der Waals surface area contributed by atoms with E-state index in [0.717, 1.165) is 41.9 Å². The van der Waals surface area contributed by atoms with Crippen LogP contribution in [0.1, 0.15) is 36.7 Å². The molecule has 1 aliphatic rings. The molecule has 0 radical (unpaired) electrons. The summed E-state index contributed by atoms with van der Waals surface area (Å²) in [6.45, 7) is 0.679. The average molecular weight is 390 g/mol. The van der Waals surface area contributed by atoms with Gasteiger partial charge in [0, 0.05) is 6.54 Å². The van der Waals surface area contributed by atoms with Gasteiger partial charge in [0.1, 0.15) is 11.6 Å². The van der Waals surface area contributed by atoms with Crippen molar-refractivity contribution < 1.29 is 9.90 Å². The zero-order valence-corrected chi connectivity index (χ0v) is 16.3. The van der Waals surface area contributed by atoms with E-state index in [0.29, 0.717) is 13.0 Å². The van der Waals surface area contributed by atoms with Gasteiger partial charge in [-0.25, -0.2) is 4.98 Å². The minimum absolute atomic E-state index is 0.0734. The van der Waals surface area contributed by atoms with Crippen molar-refractivity contribution in [2.24, 2.45) is 5.73 Å². The Kier molecular flexibility index (Phi) is 5.62. The van der Waals surface area contributed by atoms with Crippen LogP contribution in [0.15, 0.2) is 60.8 Å². The van der Waals surface area contributed by atoms with Crippen LogP contribution in [0, 0.1) is 0 Å². The molecule has 0 saturated carbocycles. The third-order valence-corrected chi connectivity index (χ3v) is 5.47. The second kappa shape index (κ2) is 8.49. The van der Waals surface area contributed by atoms with Crippen molar-refractivity contribution in [1.82, 2.24) is 14.9 Å². The maximum absolute atomic E-state index is 13.1. The highest BCUT2D eigenvalue weighted by Gasteiger charge is 2.32. The van der Waals surface area contributed by atoms with Crippen molar-refractivity contribution in [2.75, 3.05) is 6.54 Å². The Balaban J connectivity index is 1.51. The summed E-state index contributed by atoms with van der Waals surface area (Å²) in [6, 6.07) is 16.2. The van der Waals surface area contributed by atoms with Gasteiger partial charge in [0.2, 0.25) is 5.91 Å². The number of nitrogens with zero attached hydrogens (tertiary/aromatic N) is 2. The number of phenols is 1. The summed E-state index contributed by atoms with van der Waals surface area (Å²) in [5.74, 6) is 0.916. The van der Waals surface area contributed by atoms with Crippen molar-refractivity contribution in [3.63, 3.8) is 0 Å². The van der Waals surface area contributed by atoms with Crippen LogP contribution in [0.5, 0.6) is 5.75 Å². The molecule has 4 rings (SSSR count). The first kappa shape index (κ1) is 19.2. The van der Waals surface area contributed by atoms with Crippen molar-refractivity contribution in [3.05, 3.63) is 72.2 Å². The Hall–Kier alpha value is -3.12. The quantitative estimate of drug-likeness (QED) is 0.622. The molecule has 2 atom stereocenters. The first-order valence-corrected chi connectivity index (χ1v) is 10.1. The van der Waals surface area contributed by atoms with E-state index in [1.165, 1.54) is 0 Å². The molecule has 1 aromatic heterocycles. The summed E-state index contributed by atoms with van der Waals surface area (Å²) in [5, 5.41) is 9.65. The molecule has 1 aliphatic heterocycles. The molecule has 29 heavy (non-hydrogen) atoms. The van der Waals surface area contributed by atoms with E-state index >= 15 is 0 Å². The van der Waals surface area contributed by atoms with Crippen LogP contribution >= 0.6 is 0 Å². The summed E-state index contributed by atoms with van der Waals surface area (Å²) in [7, 11) is 0. The number of imidazole rings is 1. The number of hydrogen-bond donors (Lipinski definition) is 3. The fourth-order valence-corrected chi connectivity index (χ4v) is 3.99. The van der Waals surface area contributed by atoms with E-state index in [9.17, 15) is 9.90 Å². The summed E-state index contributed by atoms with van der Waals surface area (Å²) in [5.41, 5.74) is 9.13. The van der Waals surface area contributed by atoms with E-state index in [-0.39, 0.29) is 17.7 Å². The largest absolute Gasteiger partial charge is 0.508 e. The first-order chi connectivity index (χ1) is 14.1. The lowest BCUT2D eigenvalue weighted by molar-refractivity contribution is -0.136. The van der Waals surface area contributed by atoms with Gasteiger partial charge in [-0.15, -0.1) is 0 Å². The Labute approximate surface area is 170 Å². The van der Waals surface area contributed by atoms with E-state index in [2.05, 4.69) is 9.97 Å². The smallest absolute Gasteiger partial charge is 0.240 e. The number of benzene rings is 2. The van der Waals surface area contributed by atoms with Gasteiger partial charge in [0.15, 0.2) is 0 Å². The standard InChI is InChI=1S/C23H26N4O2/c24-19(14-16-7-6-10-18(28)13-16)23(29)27-12-5-4-11-21(27)22-25-15-20(26-22)17-8-2-1-3-9-17/h1-3,6-10,13,15,19,21,28H,4-5,11-12,14,24H2,(H,25,26)/t19-,21-/m0/s1. The Bertz CT molecular complexity index is 970. The van der Waals surface area contributed by atoms with Gasteiger partial charge >= 0.3 is 0 Å². The van der Waals surface area contributed by atoms with E-state index < -0.39 is 6.04 Å². The SMILES string of the molecule is N[C@@H](Cc1cccc(O)c1)C(=O)N1CCCC[C@H]1c1ncc(-c2ccccc2)[nH]1. The van der Waals surface area contributed by atoms with Crippen LogP contribution in [0.25, 0.3) is 11.3 Å². The number of rotatable bonds is 5. The van der Waals surface area contributed by atoms with Crippen molar-refractivity contribution in [2.45, 2.75) is 37.8 Å². The van der Waals surface area contributed by atoms with E-state index in [4.69, 9.17) is 5.73 Å². The number of aromatic hydroxyl groups is 1. The maximum Gasteiger partial charge on any atom is 0.240 e. The molecule has 1 saturated heterocycles. The molecule has 0 unspecified atom stereocenters. The molecule has 1 fully saturated rings. The zero-order chi connectivity index (χ0) is 20.2. The highest BCUT2D eigenvalue weighted by atomic mass is 16.3. The van der Waals surface area contributed by atoms with Crippen LogP contribution in [-0.4, -0.2) is 38.5 Å². The fraction of sp³-hybridized carbons (Fsp3) is 0.304. The molecule has 1 amide bonds. The predicted molar refractivity (Wildman–Crippen MR) is 112 cm³/mol. The van der Waals surface area contributed by atoms with Gasteiger partial charge < -0.3 is 20.7 Å². The van der Waals surface area contributed by atoms with Gasteiger partial charge in [-0.3, -0.25) is 4.79 Å². The molecular formula is C23H26N4O2. The van der Waals surface area contributed by atoms with Crippen molar-refractivity contribution in [1.29, 1.82) is 0 Å². The summed E-state index contributed by atoms with van der Waals surface area (Å²) in [4.78, 5) is 23.0. The Morgan fingerprint density at radius 3 is 2.83 bits per heavy atom. The first-order valence-electron chi connectivity index (χ1n) is 10.1. The highest BCUT2D eigenvalue weighted by Crippen LogP contribution is 2.31. The number of H-pyrrole nitrogens is 1. The number of carbonyl (C=O) groups is 1. The molecule has 0 spiro atoms. The van der Waals surface area contributed by atoms with Gasteiger partial charge in [-0.1, -0.05) is 42.5 Å². The van der Waals surface area contributed by atoms with Crippen LogP contribution in [0.2, 0.25) is 0 Å². The third kappa shape index (κ3) is 4.32. The second-order valence-electron chi connectivity index (χ2n) is 7.57. The van der Waals surface area contributed by atoms with Gasteiger partial charge in [0.25, 0.3) is 0 Å². The molecule has 2 aromatic carbocycles.